The summed E-state index contributed by atoms with van der Waals surface area (Å²) in [5.74, 6) is 0. The minimum atomic E-state index is -3.14. The van der Waals surface area contributed by atoms with Crippen LogP contribution in [0.5, 0.6) is 0 Å². The minimum Gasteiger partial charge on any atom is -0.294 e. The molecule has 0 saturated carbocycles. The van der Waals surface area contributed by atoms with Gasteiger partial charge >= 0.3 is 0 Å². The number of allylic oxidation sites excluding steroid dienone is 1. The second kappa shape index (κ2) is 3.48. The SMILES string of the molecule is CC(C)S(=O)(=O)C1NCC1=CC#N. The van der Waals surface area contributed by atoms with Crippen molar-refractivity contribution in [1.29, 1.82) is 5.26 Å². The quantitative estimate of drug-likeness (QED) is 0.646. The molecule has 1 N–H and O–H groups in total. The van der Waals surface area contributed by atoms with Crippen LogP contribution in [0, 0.1) is 11.3 Å². The van der Waals surface area contributed by atoms with Crippen LogP contribution in [-0.4, -0.2) is 25.6 Å². The Morgan fingerprint density at radius 2 is 2.31 bits per heavy atom. The molecule has 0 spiro atoms. The van der Waals surface area contributed by atoms with E-state index in [0.717, 1.165) is 0 Å². The molecule has 13 heavy (non-hydrogen) atoms. The summed E-state index contributed by atoms with van der Waals surface area (Å²) in [7, 11) is -3.14. The topological polar surface area (TPSA) is 70.0 Å². The van der Waals surface area contributed by atoms with E-state index in [2.05, 4.69) is 5.32 Å². The molecule has 1 rings (SSSR count). The summed E-state index contributed by atoms with van der Waals surface area (Å²) in [6.07, 6.45) is 1.31. The summed E-state index contributed by atoms with van der Waals surface area (Å²) in [6, 6.07) is 1.84. The lowest BCUT2D eigenvalue weighted by Crippen LogP contribution is -2.53. The average molecular weight is 200 g/mol. The lowest BCUT2D eigenvalue weighted by atomic mass is 10.1. The third kappa shape index (κ3) is 1.74. The Balaban J connectivity index is 2.88. The van der Waals surface area contributed by atoms with E-state index in [9.17, 15) is 8.42 Å². The summed E-state index contributed by atoms with van der Waals surface area (Å²) >= 11 is 0. The van der Waals surface area contributed by atoms with E-state index in [0.29, 0.717) is 12.1 Å². The molecule has 0 amide bonds. The smallest absolute Gasteiger partial charge is 0.172 e. The van der Waals surface area contributed by atoms with Crippen LogP contribution in [0.15, 0.2) is 11.6 Å². The van der Waals surface area contributed by atoms with Gasteiger partial charge in [0.05, 0.1) is 11.3 Å². The summed E-state index contributed by atoms with van der Waals surface area (Å²) in [5.41, 5.74) is 0.663. The van der Waals surface area contributed by atoms with Gasteiger partial charge in [0, 0.05) is 12.6 Å². The zero-order valence-corrected chi connectivity index (χ0v) is 8.43. The number of sulfone groups is 1. The molecule has 0 aromatic carbocycles. The van der Waals surface area contributed by atoms with Gasteiger partial charge in [-0.15, -0.1) is 0 Å². The molecular formula is C8H12N2O2S. The normalized spacial score (nSPS) is 25.7. The summed E-state index contributed by atoms with van der Waals surface area (Å²) in [6.45, 7) is 3.78. The Kier molecular flexibility index (Phi) is 2.74. The fourth-order valence-electron chi connectivity index (χ4n) is 1.11. The van der Waals surface area contributed by atoms with Crippen molar-refractivity contribution < 1.29 is 8.42 Å². The Morgan fingerprint density at radius 3 is 2.62 bits per heavy atom. The van der Waals surface area contributed by atoms with Crippen LogP contribution < -0.4 is 5.32 Å². The second-order valence-electron chi connectivity index (χ2n) is 3.25. The monoisotopic (exact) mass is 200 g/mol. The average Bonchev–Trinajstić information content (AvgIpc) is 1.97. The van der Waals surface area contributed by atoms with Gasteiger partial charge in [-0.05, 0) is 19.4 Å². The number of rotatable bonds is 2. The summed E-state index contributed by atoms with van der Waals surface area (Å²) < 4.78 is 23.2. The molecule has 0 bridgehead atoms. The van der Waals surface area contributed by atoms with Crippen molar-refractivity contribution in [2.45, 2.75) is 24.5 Å². The largest absolute Gasteiger partial charge is 0.294 e. The van der Waals surface area contributed by atoms with Crippen LogP contribution in [0.2, 0.25) is 0 Å². The molecule has 0 aromatic heterocycles. The van der Waals surface area contributed by atoms with E-state index in [1.165, 1.54) is 6.08 Å². The number of hydrogen-bond donors (Lipinski definition) is 1. The van der Waals surface area contributed by atoms with Crippen molar-refractivity contribution in [3.05, 3.63) is 11.6 Å². The minimum absolute atomic E-state index is 0.410. The molecule has 1 aliphatic heterocycles. The highest BCUT2D eigenvalue weighted by Crippen LogP contribution is 2.21. The summed E-state index contributed by atoms with van der Waals surface area (Å²) in [4.78, 5) is 0. The molecule has 1 fully saturated rings. The van der Waals surface area contributed by atoms with E-state index >= 15 is 0 Å². The van der Waals surface area contributed by atoms with Crippen molar-refractivity contribution in [3.63, 3.8) is 0 Å². The van der Waals surface area contributed by atoms with Gasteiger partial charge in [0.1, 0.15) is 5.37 Å². The van der Waals surface area contributed by atoms with Crippen molar-refractivity contribution in [1.82, 2.24) is 5.32 Å². The van der Waals surface area contributed by atoms with Crippen LogP contribution >= 0.6 is 0 Å². The molecule has 72 valence electrons. The third-order valence-corrected chi connectivity index (χ3v) is 4.50. The Morgan fingerprint density at radius 1 is 1.69 bits per heavy atom. The van der Waals surface area contributed by atoms with Gasteiger partial charge < -0.3 is 0 Å². The maximum absolute atomic E-state index is 11.6. The third-order valence-electron chi connectivity index (χ3n) is 2.06. The zero-order chi connectivity index (χ0) is 10.1. The fourth-order valence-corrected chi connectivity index (χ4v) is 2.55. The molecule has 1 atom stereocenters. The standard InChI is InChI=1S/C8H12N2O2S/c1-6(2)13(11,12)8-7(3-4-9)5-10-8/h3,6,8,10H,5H2,1-2H3. The van der Waals surface area contributed by atoms with Crippen LogP contribution in [0.1, 0.15) is 13.8 Å². The molecule has 1 heterocycles. The summed E-state index contributed by atoms with van der Waals surface area (Å²) in [5, 5.41) is 10.1. The maximum atomic E-state index is 11.6. The first-order chi connectivity index (χ1) is 6.00. The molecule has 0 aliphatic carbocycles. The Labute approximate surface area is 78.2 Å². The molecule has 4 nitrogen and oxygen atoms in total. The van der Waals surface area contributed by atoms with Gasteiger partial charge in [-0.25, -0.2) is 8.42 Å². The van der Waals surface area contributed by atoms with Crippen molar-refractivity contribution in [3.8, 4) is 6.07 Å². The molecular weight excluding hydrogens is 188 g/mol. The zero-order valence-electron chi connectivity index (χ0n) is 7.61. The van der Waals surface area contributed by atoms with Crippen LogP contribution in [0.4, 0.5) is 0 Å². The first kappa shape index (κ1) is 10.2. The lowest BCUT2D eigenvalue weighted by Gasteiger charge is -2.31. The van der Waals surface area contributed by atoms with E-state index in [4.69, 9.17) is 5.26 Å². The van der Waals surface area contributed by atoms with Crippen LogP contribution in [0.3, 0.4) is 0 Å². The molecule has 0 aromatic rings. The lowest BCUT2D eigenvalue weighted by molar-refractivity contribution is 0.529. The molecule has 1 saturated heterocycles. The predicted molar refractivity (Wildman–Crippen MR) is 49.5 cm³/mol. The van der Waals surface area contributed by atoms with Gasteiger partial charge in [-0.3, -0.25) is 5.32 Å². The highest BCUT2D eigenvalue weighted by molar-refractivity contribution is 7.92. The Hall–Kier alpha value is -0.860. The number of nitrogens with zero attached hydrogens (tertiary/aromatic N) is 1. The van der Waals surface area contributed by atoms with Gasteiger partial charge in [0.2, 0.25) is 0 Å². The molecule has 1 aliphatic rings. The Bertz CT molecular complexity index is 362. The van der Waals surface area contributed by atoms with E-state index in [1.807, 2.05) is 6.07 Å². The van der Waals surface area contributed by atoms with E-state index in [-0.39, 0.29) is 0 Å². The molecule has 1 unspecified atom stereocenters. The first-order valence-corrected chi connectivity index (χ1v) is 5.65. The van der Waals surface area contributed by atoms with E-state index in [1.54, 1.807) is 13.8 Å². The highest BCUT2D eigenvalue weighted by atomic mass is 32.2. The fraction of sp³-hybridized carbons (Fsp3) is 0.625. The number of hydrogen-bond acceptors (Lipinski definition) is 4. The van der Waals surface area contributed by atoms with Crippen molar-refractivity contribution in [2.24, 2.45) is 0 Å². The highest BCUT2D eigenvalue weighted by Gasteiger charge is 2.37. The van der Waals surface area contributed by atoms with Crippen LogP contribution in [0.25, 0.3) is 0 Å². The molecule has 5 heteroatoms. The second-order valence-corrected chi connectivity index (χ2v) is 5.84. The van der Waals surface area contributed by atoms with Gasteiger partial charge in [0.15, 0.2) is 9.84 Å². The predicted octanol–water partition coefficient (Wildman–Crippen LogP) is 0.189. The van der Waals surface area contributed by atoms with Crippen molar-refractivity contribution in [2.75, 3.05) is 6.54 Å². The van der Waals surface area contributed by atoms with Gasteiger partial charge in [-0.1, -0.05) is 0 Å². The van der Waals surface area contributed by atoms with Crippen molar-refractivity contribution >= 4 is 9.84 Å². The maximum Gasteiger partial charge on any atom is 0.172 e. The first-order valence-electron chi connectivity index (χ1n) is 4.04. The number of nitriles is 1. The van der Waals surface area contributed by atoms with Gasteiger partial charge in [-0.2, -0.15) is 5.26 Å². The van der Waals surface area contributed by atoms with E-state index < -0.39 is 20.5 Å². The van der Waals surface area contributed by atoms with Gasteiger partial charge in [0.25, 0.3) is 0 Å². The molecule has 0 radical (unpaired) electrons. The van der Waals surface area contributed by atoms with Crippen LogP contribution in [-0.2, 0) is 9.84 Å². The number of nitrogens with one attached hydrogen (secondary N) is 1.